The molecule has 0 saturated heterocycles. The summed E-state index contributed by atoms with van der Waals surface area (Å²) in [6, 6.07) is 58.4. The van der Waals surface area contributed by atoms with Gasteiger partial charge < -0.3 is 4.57 Å². The number of hydrogen-bond acceptors (Lipinski definition) is 0. The van der Waals surface area contributed by atoms with Crippen LogP contribution in [0, 0.1) is 0 Å². The van der Waals surface area contributed by atoms with Gasteiger partial charge in [0.05, 0.1) is 0 Å². The molecule has 0 bridgehead atoms. The Hall–Kier alpha value is -5.66. The van der Waals surface area contributed by atoms with Crippen molar-refractivity contribution < 1.29 is 0 Å². The second kappa shape index (κ2) is 10.5. The maximum Gasteiger partial charge on any atom is 0.0500 e. The van der Waals surface area contributed by atoms with Crippen LogP contribution >= 0.6 is 0 Å². The fourth-order valence-electron chi connectivity index (χ4n) is 7.83. The first-order chi connectivity index (χ1) is 22.7. The highest BCUT2D eigenvalue weighted by molar-refractivity contribution is 6.27. The number of aromatic nitrogens is 1. The van der Waals surface area contributed by atoms with Crippen molar-refractivity contribution in [2.75, 3.05) is 0 Å². The standard InChI is InChI=1S/C45H33N/c1-29(2)46-41-26-14-25-39(45(41)40-27-31-17-6-7-18-32(31)28-42(40)46)44-37-23-12-10-21-35(37)43(36-22-11-13-24-38(36)44)34-20-9-8-19-33(34)30-15-4-3-5-16-30/h3-29H,1-2H3. The molecule has 0 fully saturated rings. The smallest absolute Gasteiger partial charge is 0.0500 e. The Balaban J connectivity index is 1.45. The molecule has 0 amide bonds. The highest BCUT2D eigenvalue weighted by atomic mass is 15.0. The van der Waals surface area contributed by atoms with Gasteiger partial charge in [-0.1, -0.05) is 140 Å². The summed E-state index contributed by atoms with van der Waals surface area (Å²) in [5.41, 5.74) is 10.2. The van der Waals surface area contributed by atoms with Crippen LogP contribution in [-0.4, -0.2) is 4.57 Å². The van der Waals surface area contributed by atoms with Crippen molar-refractivity contribution in [2.24, 2.45) is 0 Å². The van der Waals surface area contributed by atoms with Crippen LogP contribution in [0.5, 0.6) is 0 Å². The molecule has 0 aliphatic heterocycles. The lowest BCUT2D eigenvalue weighted by atomic mass is 9.83. The largest absolute Gasteiger partial charge is 0.338 e. The molecule has 0 unspecified atom stereocenters. The van der Waals surface area contributed by atoms with Crippen LogP contribution in [0.25, 0.3) is 87.5 Å². The first-order valence-corrected chi connectivity index (χ1v) is 16.2. The third kappa shape index (κ3) is 3.95. The van der Waals surface area contributed by atoms with E-state index in [9.17, 15) is 0 Å². The molecular formula is C45H33N. The number of hydrogen-bond donors (Lipinski definition) is 0. The summed E-state index contributed by atoms with van der Waals surface area (Å²) in [5, 5.41) is 10.3. The van der Waals surface area contributed by atoms with E-state index in [-0.39, 0.29) is 0 Å². The van der Waals surface area contributed by atoms with Crippen LogP contribution in [0.15, 0.2) is 158 Å². The minimum absolute atomic E-state index is 0.321. The van der Waals surface area contributed by atoms with Crippen LogP contribution < -0.4 is 0 Å². The maximum absolute atomic E-state index is 2.52. The normalized spacial score (nSPS) is 11.9. The van der Waals surface area contributed by atoms with Crippen molar-refractivity contribution >= 4 is 54.1 Å². The van der Waals surface area contributed by atoms with E-state index >= 15 is 0 Å². The Morgan fingerprint density at radius 3 is 1.52 bits per heavy atom. The first-order valence-electron chi connectivity index (χ1n) is 16.2. The van der Waals surface area contributed by atoms with Gasteiger partial charge in [-0.25, -0.2) is 0 Å². The molecule has 1 aromatic heterocycles. The van der Waals surface area contributed by atoms with Gasteiger partial charge in [-0.05, 0) is 97.7 Å². The zero-order valence-corrected chi connectivity index (χ0v) is 26.0. The summed E-state index contributed by atoms with van der Waals surface area (Å²) in [5.74, 6) is 0. The number of benzene rings is 8. The predicted molar refractivity (Wildman–Crippen MR) is 199 cm³/mol. The van der Waals surface area contributed by atoms with Gasteiger partial charge in [0.15, 0.2) is 0 Å². The van der Waals surface area contributed by atoms with Gasteiger partial charge in [0, 0.05) is 27.8 Å². The molecule has 1 nitrogen and oxygen atoms in total. The van der Waals surface area contributed by atoms with E-state index in [0.717, 1.165) is 0 Å². The van der Waals surface area contributed by atoms with Crippen molar-refractivity contribution in [3.8, 4) is 33.4 Å². The van der Waals surface area contributed by atoms with Gasteiger partial charge in [0.25, 0.3) is 0 Å². The van der Waals surface area contributed by atoms with Crippen LogP contribution in [-0.2, 0) is 0 Å². The molecule has 0 saturated carbocycles. The highest BCUT2D eigenvalue weighted by Crippen LogP contribution is 2.48. The molecule has 0 aliphatic rings. The monoisotopic (exact) mass is 587 g/mol. The third-order valence-corrected chi connectivity index (χ3v) is 9.69. The summed E-state index contributed by atoms with van der Waals surface area (Å²) < 4.78 is 2.52. The molecule has 8 aromatic carbocycles. The Bertz CT molecular complexity index is 2550. The molecule has 218 valence electrons. The van der Waals surface area contributed by atoms with Crippen molar-refractivity contribution in [1.82, 2.24) is 4.57 Å². The Morgan fingerprint density at radius 1 is 0.391 bits per heavy atom. The van der Waals surface area contributed by atoms with Gasteiger partial charge in [-0.3, -0.25) is 0 Å². The van der Waals surface area contributed by atoms with E-state index in [0.29, 0.717) is 6.04 Å². The zero-order valence-electron chi connectivity index (χ0n) is 26.0. The van der Waals surface area contributed by atoms with E-state index in [2.05, 4.69) is 176 Å². The molecular weight excluding hydrogens is 555 g/mol. The summed E-state index contributed by atoms with van der Waals surface area (Å²) in [7, 11) is 0. The van der Waals surface area contributed by atoms with Crippen molar-refractivity contribution in [2.45, 2.75) is 19.9 Å². The van der Waals surface area contributed by atoms with E-state index in [1.54, 1.807) is 0 Å². The molecule has 1 heterocycles. The van der Waals surface area contributed by atoms with Gasteiger partial charge in [0.2, 0.25) is 0 Å². The fourth-order valence-corrected chi connectivity index (χ4v) is 7.83. The fraction of sp³-hybridized carbons (Fsp3) is 0.0667. The summed E-state index contributed by atoms with van der Waals surface area (Å²) in [4.78, 5) is 0. The summed E-state index contributed by atoms with van der Waals surface area (Å²) >= 11 is 0. The van der Waals surface area contributed by atoms with Crippen LogP contribution in [0.3, 0.4) is 0 Å². The SMILES string of the molecule is CC(C)n1c2cc3ccccc3cc2c2c(-c3c4ccccc4c(-c4ccccc4-c4ccccc4)c4ccccc34)cccc21. The molecule has 0 aliphatic carbocycles. The van der Waals surface area contributed by atoms with Crippen LogP contribution in [0.2, 0.25) is 0 Å². The zero-order chi connectivity index (χ0) is 30.8. The van der Waals surface area contributed by atoms with Crippen molar-refractivity contribution in [1.29, 1.82) is 0 Å². The van der Waals surface area contributed by atoms with Gasteiger partial charge in [-0.15, -0.1) is 0 Å². The lowest BCUT2D eigenvalue weighted by Gasteiger charge is -2.20. The third-order valence-electron chi connectivity index (χ3n) is 9.69. The second-order valence-electron chi connectivity index (χ2n) is 12.6. The molecule has 0 atom stereocenters. The van der Waals surface area contributed by atoms with E-state index in [1.807, 2.05) is 0 Å². The average molecular weight is 588 g/mol. The predicted octanol–water partition coefficient (Wildman–Crippen LogP) is 12.8. The Morgan fingerprint density at radius 2 is 0.891 bits per heavy atom. The first kappa shape index (κ1) is 26.7. The topological polar surface area (TPSA) is 4.93 Å². The molecule has 9 aromatic rings. The Kier molecular flexibility index (Phi) is 6.08. The number of fused-ring (bicyclic) bond motifs is 6. The van der Waals surface area contributed by atoms with Crippen LogP contribution in [0.1, 0.15) is 19.9 Å². The molecule has 46 heavy (non-hydrogen) atoms. The molecule has 0 spiro atoms. The van der Waals surface area contributed by atoms with E-state index in [1.165, 1.54) is 87.5 Å². The Labute approximate surface area is 269 Å². The van der Waals surface area contributed by atoms with Gasteiger partial charge >= 0.3 is 0 Å². The highest BCUT2D eigenvalue weighted by Gasteiger charge is 2.22. The second-order valence-corrected chi connectivity index (χ2v) is 12.6. The molecule has 9 rings (SSSR count). The molecule has 0 radical (unpaired) electrons. The average Bonchev–Trinajstić information content (AvgIpc) is 3.43. The molecule has 1 heteroatoms. The quantitative estimate of drug-likeness (QED) is 0.181. The lowest BCUT2D eigenvalue weighted by Crippen LogP contribution is -1.99. The van der Waals surface area contributed by atoms with Gasteiger partial charge in [0.1, 0.15) is 0 Å². The minimum atomic E-state index is 0.321. The summed E-state index contributed by atoms with van der Waals surface area (Å²) in [6.45, 7) is 4.59. The van der Waals surface area contributed by atoms with Crippen molar-refractivity contribution in [3.05, 3.63) is 158 Å². The van der Waals surface area contributed by atoms with E-state index in [4.69, 9.17) is 0 Å². The minimum Gasteiger partial charge on any atom is -0.338 e. The van der Waals surface area contributed by atoms with Crippen LogP contribution in [0.4, 0.5) is 0 Å². The maximum atomic E-state index is 2.52. The van der Waals surface area contributed by atoms with Crippen molar-refractivity contribution in [3.63, 3.8) is 0 Å². The number of nitrogens with zero attached hydrogens (tertiary/aromatic N) is 1. The summed E-state index contributed by atoms with van der Waals surface area (Å²) in [6.07, 6.45) is 0. The number of rotatable bonds is 4. The molecule has 0 N–H and O–H groups in total. The lowest BCUT2D eigenvalue weighted by molar-refractivity contribution is 0.642. The van der Waals surface area contributed by atoms with Gasteiger partial charge in [-0.2, -0.15) is 0 Å². The van der Waals surface area contributed by atoms with E-state index < -0.39 is 0 Å².